The van der Waals surface area contributed by atoms with E-state index < -0.39 is 34.6 Å². The molecule has 0 spiro atoms. The van der Waals surface area contributed by atoms with E-state index in [1.54, 1.807) is 13.0 Å². The highest BCUT2D eigenvalue weighted by molar-refractivity contribution is 6.23. The number of carbonyl (C=O) groups excluding carboxylic acids is 2. The minimum Gasteiger partial charge on any atom is -0.483 e. The molecule has 6 heteroatoms. The zero-order valence-corrected chi connectivity index (χ0v) is 17.0. The highest BCUT2D eigenvalue weighted by Crippen LogP contribution is 2.64. The summed E-state index contributed by atoms with van der Waals surface area (Å²) in [6, 6.07) is 0. The van der Waals surface area contributed by atoms with Crippen molar-refractivity contribution in [2.45, 2.75) is 71.2 Å². The normalized spacial score (nSPS) is 48.3. The SMILES string of the molecule is CC1=CC2=C(C(=O)C1)C(=O)[C@@H]1[C@@]3(C)CC[C@H](O)[C@@](C)(CO)[C@@H]3C[C@H](O)[C@@]1(C)O2. The third kappa shape index (κ3) is 2.31. The van der Waals surface area contributed by atoms with Crippen molar-refractivity contribution in [3.05, 3.63) is 23.0 Å². The summed E-state index contributed by atoms with van der Waals surface area (Å²) in [5.74, 6) is -1.20. The Balaban J connectivity index is 1.88. The van der Waals surface area contributed by atoms with Crippen LogP contribution in [0.2, 0.25) is 0 Å². The molecular weight excluding hydrogens is 360 g/mol. The number of hydrogen-bond acceptors (Lipinski definition) is 6. The van der Waals surface area contributed by atoms with Gasteiger partial charge in [-0.05, 0) is 50.5 Å². The summed E-state index contributed by atoms with van der Waals surface area (Å²) in [6.45, 7) is 7.18. The lowest BCUT2D eigenvalue weighted by atomic mass is 9.43. The molecule has 0 amide bonds. The van der Waals surface area contributed by atoms with Crippen molar-refractivity contribution >= 4 is 11.6 Å². The quantitative estimate of drug-likeness (QED) is 0.589. The average Bonchev–Trinajstić information content (AvgIpc) is 2.60. The molecule has 28 heavy (non-hydrogen) atoms. The fourth-order valence-corrected chi connectivity index (χ4v) is 6.57. The molecule has 3 N–H and O–H groups in total. The van der Waals surface area contributed by atoms with Gasteiger partial charge in [0.2, 0.25) is 0 Å². The van der Waals surface area contributed by atoms with Crippen LogP contribution >= 0.6 is 0 Å². The fourth-order valence-electron chi connectivity index (χ4n) is 6.57. The number of ether oxygens (including phenoxy) is 1. The maximum absolute atomic E-state index is 13.7. The van der Waals surface area contributed by atoms with Crippen molar-refractivity contribution in [1.82, 2.24) is 0 Å². The molecule has 3 aliphatic carbocycles. The van der Waals surface area contributed by atoms with Gasteiger partial charge in [0.25, 0.3) is 0 Å². The van der Waals surface area contributed by atoms with Crippen molar-refractivity contribution in [3.8, 4) is 0 Å². The molecule has 154 valence electrons. The third-order valence-electron chi connectivity index (χ3n) is 8.18. The third-order valence-corrected chi connectivity index (χ3v) is 8.18. The fraction of sp³-hybridized carbons (Fsp3) is 0.727. The molecule has 0 aromatic carbocycles. The second-order valence-corrected chi connectivity index (χ2v) is 9.94. The lowest BCUT2D eigenvalue weighted by Crippen LogP contribution is -2.70. The van der Waals surface area contributed by atoms with Crippen LogP contribution in [-0.4, -0.2) is 51.3 Å². The standard InChI is InChI=1S/C22H30O6/c1-11-7-12(24)17-13(8-11)28-22(4)16(26)9-14-20(2,19(22)18(17)27)6-5-15(25)21(14,3)10-23/h8,14-16,19,23,25-26H,5-7,9-10H2,1-4H3/t14-,15+,16+,19-,20+,21+,22-/m1/s1. The monoisotopic (exact) mass is 390 g/mol. The molecule has 0 aromatic rings. The predicted molar refractivity (Wildman–Crippen MR) is 101 cm³/mol. The van der Waals surface area contributed by atoms with Gasteiger partial charge in [-0.15, -0.1) is 0 Å². The van der Waals surface area contributed by atoms with Gasteiger partial charge >= 0.3 is 0 Å². The van der Waals surface area contributed by atoms with Crippen LogP contribution in [0.15, 0.2) is 23.0 Å². The first-order valence-corrected chi connectivity index (χ1v) is 10.1. The number of Topliss-reactive ketones (excluding diaryl/α,β-unsaturated/α-hetero) is 2. The van der Waals surface area contributed by atoms with E-state index in [2.05, 4.69) is 0 Å². The number of aliphatic hydroxyl groups is 3. The van der Waals surface area contributed by atoms with E-state index in [-0.39, 0.29) is 41.8 Å². The van der Waals surface area contributed by atoms with Crippen LogP contribution in [0, 0.1) is 22.7 Å². The van der Waals surface area contributed by atoms with E-state index in [1.165, 1.54) is 0 Å². The molecule has 4 rings (SSSR count). The minimum absolute atomic E-state index is 0.110. The number of carbonyl (C=O) groups is 2. The number of rotatable bonds is 1. The second kappa shape index (κ2) is 6.00. The molecule has 0 radical (unpaired) electrons. The summed E-state index contributed by atoms with van der Waals surface area (Å²) in [4.78, 5) is 26.3. The topological polar surface area (TPSA) is 104 Å². The molecule has 1 heterocycles. The molecule has 6 nitrogen and oxygen atoms in total. The van der Waals surface area contributed by atoms with Crippen LogP contribution in [0.25, 0.3) is 0 Å². The number of allylic oxidation sites excluding steroid dienone is 3. The second-order valence-electron chi connectivity index (χ2n) is 9.94. The Morgan fingerprint density at radius 1 is 1.18 bits per heavy atom. The molecular formula is C22H30O6. The maximum Gasteiger partial charge on any atom is 0.177 e. The highest BCUT2D eigenvalue weighted by atomic mass is 16.5. The largest absolute Gasteiger partial charge is 0.483 e. The number of fused-ring (bicyclic) bond motifs is 3. The first-order valence-electron chi connectivity index (χ1n) is 10.1. The van der Waals surface area contributed by atoms with E-state index in [0.717, 1.165) is 5.57 Å². The van der Waals surface area contributed by atoms with E-state index in [0.29, 0.717) is 19.3 Å². The van der Waals surface area contributed by atoms with Gasteiger partial charge in [-0.1, -0.05) is 19.4 Å². The van der Waals surface area contributed by atoms with Crippen LogP contribution in [0.4, 0.5) is 0 Å². The van der Waals surface area contributed by atoms with Gasteiger partial charge in [-0.3, -0.25) is 9.59 Å². The van der Waals surface area contributed by atoms with Crippen molar-refractivity contribution in [3.63, 3.8) is 0 Å². The summed E-state index contributed by atoms with van der Waals surface area (Å²) in [6.07, 6.45) is 1.64. The van der Waals surface area contributed by atoms with E-state index >= 15 is 0 Å². The highest BCUT2D eigenvalue weighted by Gasteiger charge is 2.69. The van der Waals surface area contributed by atoms with Gasteiger partial charge in [-0.25, -0.2) is 0 Å². The Morgan fingerprint density at radius 3 is 2.50 bits per heavy atom. The first kappa shape index (κ1) is 19.8. The summed E-state index contributed by atoms with van der Waals surface area (Å²) < 4.78 is 6.23. The molecule has 2 fully saturated rings. The summed E-state index contributed by atoms with van der Waals surface area (Å²) in [7, 11) is 0. The summed E-state index contributed by atoms with van der Waals surface area (Å²) in [5, 5.41) is 31.8. The van der Waals surface area contributed by atoms with Crippen LogP contribution in [-0.2, 0) is 14.3 Å². The van der Waals surface area contributed by atoms with Crippen LogP contribution in [0.3, 0.4) is 0 Å². The van der Waals surface area contributed by atoms with Crippen molar-refractivity contribution in [1.29, 1.82) is 0 Å². The Labute approximate surface area is 165 Å². The van der Waals surface area contributed by atoms with Gasteiger partial charge in [-0.2, -0.15) is 0 Å². The van der Waals surface area contributed by atoms with Crippen LogP contribution in [0.1, 0.15) is 53.4 Å². The molecule has 4 aliphatic rings. The summed E-state index contributed by atoms with van der Waals surface area (Å²) in [5.41, 5.74) is -1.62. The molecule has 0 aromatic heterocycles. The van der Waals surface area contributed by atoms with E-state index in [4.69, 9.17) is 4.74 Å². The molecule has 0 saturated heterocycles. The van der Waals surface area contributed by atoms with Gasteiger partial charge in [0.15, 0.2) is 11.6 Å². The van der Waals surface area contributed by atoms with Crippen molar-refractivity contribution < 1.29 is 29.6 Å². The Kier molecular flexibility index (Phi) is 4.24. The maximum atomic E-state index is 13.7. The Morgan fingerprint density at radius 2 is 1.86 bits per heavy atom. The van der Waals surface area contributed by atoms with E-state index in [1.807, 2.05) is 20.8 Å². The van der Waals surface area contributed by atoms with Crippen molar-refractivity contribution in [2.24, 2.45) is 22.7 Å². The Bertz CT molecular complexity index is 812. The smallest absolute Gasteiger partial charge is 0.177 e. The molecule has 2 saturated carbocycles. The number of ketones is 2. The predicted octanol–water partition coefficient (Wildman–Crippen LogP) is 1.67. The molecule has 1 aliphatic heterocycles. The molecule has 0 unspecified atom stereocenters. The lowest BCUT2D eigenvalue weighted by Gasteiger charge is -2.64. The van der Waals surface area contributed by atoms with Crippen LogP contribution < -0.4 is 0 Å². The zero-order chi connectivity index (χ0) is 20.6. The zero-order valence-electron chi connectivity index (χ0n) is 17.0. The van der Waals surface area contributed by atoms with Crippen LogP contribution in [0.5, 0.6) is 0 Å². The number of hydrogen-bond donors (Lipinski definition) is 3. The van der Waals surface area contributed by atoms with E-state index in [9.17, 15) is 24.9 Å². The van der Waals surface area contributed by atoms with Crippen molar-refractivity contribution in [2.75, 3.05) is 6.61 Å². The average molecular weight is 390 g/mol. The Hall–Kier alpha value is -1.50. The van der Waals surface area contributed by atoms with Gasteiger partial charge in [0.05, 0.1) is 24.7 Å². The van der Waals surface area contributed by atoms with Gasteiger partial charge in [0.1, 0.15) is 16.9 Å². The van der Waals surface area contributed by atoms with Gasteiger partial charge < -0.3 is 20.1 Å². The molecule has 7 atom stereocenters. The van der Waals surface area contributed by atoms with Gasteiger partial charge in [0, 0.05) is 11.8 Å². The number of aliphatic hydroxyl groups excluding tert-OH is 3. The lowest BCUT2D eigenvalue weighted by molar-refractivity contribution is -0.246. The first-order chi connectivity index (χ1) is 13.0. The summed E-state index contributed by atoms with van der Waals surface area (Å²) >= 11 is 0. The molecule has 0 bridgehead atoms. The minimum atomic E-state index is -1.14.